The van der Waals surface area contributed by atoms with Gasteiger partial charge in [-0.05, 0) is 35.7 Å². The molecule has 1 saturated heterocycles. The number of rotatable bonds is 4. The van der Waals surface area contributed by atoms with Gasteiger partial charge in [0, 0.05) is 42.7 Å². The fourth-order valence-corrected chi connectivity index (χ4v) is 3.54. The molecule has 1 aliphatic heterocycles. The molecule has 0 atom stereocenters. The van der Waals surface area contributed by atoms with E-state index in [0.717, 1.165) is 18.7 Å². The number of hydrogen-bond acceptors (Lipinski definition) is 6. The average Bonchev–Trinajstić information content (AvgIpc) is 3.34. The van der Waals surface area contributed by atoms with Gasteiger partial charge in [0.25, 0.3) is 5.91 Å². The molecule has 1 aliphatic rings. The van der Waals surface area contributed by atoms with Gasteiger partial charge in [-0.15, -0.1) is 0 Å². The SMILES string of the molecule is O=C(c1ccc(F)cc1)N1CCN(Cc2nc(-c3ccsc3)no2)CC1. The minimum Gasteiger partial charge on any atom is -0.338 e. The van der Waals surface area contributed by atoms with E-state index >= 15 is 0 Å². The standard InChI is InChI=1S/C18H17FN4O2S/c19-15-3-1-13(2-4-15)18(24)23-8-6-22(7-9-23)11-16-20-17(21-25-16)14-5-10-26-12-14/h1-5,10,12H,6-9,11H2. The molecule has 0 spiro atoms. The van der Waals surface area contributed by atoms with Crippen molar-refractivity contribution in [2.24, 2.45) is 0 Å². The number of nitrogens with zero attached hydrogens (tertiary/aromatic N) is 4. The summed E-state index contributed by atoms with van der Waals surface area (Å²) in [6, 6.07) is 7.62. The van der Waals surface area contributed by atoms with Gasteiger partial charge in [0.2, 0.25) is 11.7 Å². The predicted octanol–water partition coefficient (Wildman–Crippen LogP) is 2.90. The van der Waals surface area contributed by atoms with Crippen molar-refractivity contribution in [3.63, 3.8) is 0 Å². The van der Waals surface area contributed by atoms with Crippen LogP contribution < -0.4 is 0 Å². The number of benzene rings is 1. The number of amides is 1. The minimum absolute atomic E-state index is 0.0674. The molecule has 4 rings (SSSR count). The maximum Gasteiger partial charge on any atom is 0.253 e. The predicted molar refractivity (Wildman–Crippen MR) is 95.2 cm³/mol. The zero-order valence-corrected chi connectivity index (χ0v) is 14.8. The summed E-state index contributed by atoms with van der Waals surface area (Å²) in [6.07, 6.45) is 0. The molecule has 134 valence electrons. The Labute approximate surface area is 153 Å². The molecular weight excluding hydrogens is 355 g/mol. The normalized spacial score (nSPS) is 15.3. The Kier molecular flexibility index (Phi) is 4.77. The van der Waals surface area contributed by atoms with Gasteiger partial charge in [0.15, 0.2) is 0 Å². The van der Waals surface area contributed by atoms with E-state index in [2.05, 4.69) is 15.0 Å². The lowest BCUT2D eigenvalue weighted by Gasteiger charge is -2.34. The van der Waals surface area contributed by atoms with Crippen LogP contribution in [0.4, 0.5) is 4.39 Å². The second-order valence-corrected chi connectivity index (χ2v) is 6.88. The molecule has 3 heterocycles. The number of carbonyl (C=O) groups is 1. The van der Waals surface area contributed by atoms with Crippen molar-refractivity contribution in [2.75, 3.05) is 26.2 Å². The van der Waals surface area contributed by atoms with E-state index in [9.17, 15) is 9.18 Å². The lowest BCUT2D eigenvalue weighted by Crippen LogP contribution is -2.48. The second kappa shape index (κ2) is 7.35. The van der Waals surface area contributed by atoms with Gasteiger partial charge in [-0.2, -0.15) is 16.3 Å². The van der Waals surface area contributed by atoms with E-state index in [0.29, 0.717) is 36.9 Å². The van der Waals surface area contributed by atoms with Gasteiger partial charge < -0.3 is 9.42 Å². The van der Waals surface area contributed by atoms with Crippen LogP contribution in [0.1, 0.15) is 16.2 Å². The zero-order chi connectivity index (χ0) is 17.9. The van der Waals surface area contributed by atoms with Crippen molar-refractivity contribution >= 4 is 17.2 Å². The van der Waals surface area contributed by atoms with Crippen molar-refractivity contribution in [2.45, 2.75) is 6.54 Å². The van der Waals surface area contributed by atoms with Crippen LogP contribution in [0.3, 0.4) is 0 Å². The molecule has 0 aliphatic carbocycles. The highest BCUT2D eigenvalue weighted by molar-refractivity contribution is 7.08. The monoisotopic (exact) mass is 372 g/mol. The molecule has 8 heteroatoms. The smallest absolute Gasteiger partial charge is 0.253 e. The summed E-state index contributed by atoms with van der Waals surface area (Å²) in [7, 11) is 0. The molecule has 0 saturated carbocycles. The summed E-state index contributed by atoms with van der Waals surface area (Å²) in [5.74, 6) is 0.769. The Morgan fingerprint density at radius 2 is 1.92 bits per heavy atom. The van der Waals surface area contributed by atoms with Gasteiger partial charge in [-0.1, -0.05) is 5.16 Å². The second-order valence-electron chi connectivity index (χ2n) is 6.10. The van der Waals surface area contributed by atoms with Crippen LogP contribution in [0.2, 0.25) is 0 Å². The number of aromatic nitrogens is 2. The first-order chi connectivity index (χ1) is 12.7. The highest BCUT2D eigenvalue weighted by Crippen LogP contribution is 2.19. The number of piperazine rings is 1. The van der Waals surface area contributed by atoms with Crippen LogP contribution in [0.25, 0.3) is 11.4 Å². The fraction of sp³-hybridized carbons (Fsp3) is 0.278. The highest BCUT2D eigenvalue weighted by Gasteiger charge is 2.23. The molecule has 0 radical (unpaired) electrons. The first-order valence-corrected chi connectivity index (χ1v) is 9.26. The Hall–Kier alpha value is -2.58. The molecular formula is C18H17FN4O2S. The van der Waals surface area contributed by atoms with E-state index in [1.807, 2.05) is 16.8 Å². The van der Waals surface area contributed by atoms with Crippen LogP contribution in [0.5, 0.6) is 0 Å². The van der Waals surface area contributed by atoms with Crippen LogP contribution in [0.15, 0.2) is 45.6 Å². The summed E-state index contributed by atoms with van der Waals surface area (Å²) in [4.78, 5) is 20.8. The summed E-state index contributed by atoms with van der Waals surface area (Å²) >= 11 is 1.59. The summed E-state index contributed by atoms with van der Waals surface area (Å²) < 4.78 is 18.3. The third kappa shape index (κ3) is 3.66. The Morgan fingerprint density at radius 3 is 2.62 bits per heavy atom. The van der Waals surface area contributed by atoms with Crippen molar-refractivity contribution < 1.29 is 13.7 Å². The molecule has 1 fully saturated rings. The molecule has 26 heavy (non-hydrogen) atoms. The maximum absolute atomic E-state index is 13.0. The average molecular weight is 372 g/mol. The molecule has 2 aromatic heterocycles. The first kappa shape index (κ1) is 16.9. The fourth-order valence-electron chi connectivity index (χ4n) is 2.90. The van der Waals surface area contributed by atoms with Gasteiger partial charge >= 0.3 is 0 Å². The largest absolute Gasteiger partial charge is 0.338 e. The summed E-state index contributed by atoms with van der Waals surface area (Å²) in [5, 5.41) is 7.97. The Bertz CT molecular complexity index is 871. The first-order valence-electron chi connectivity index (χ1n) is 8.31. The quantitative estimate of drug-likeness (QED) is 0.705. The number of hydrogen-bond donors (Lipinski definition) is 0. The number of carbonyl (C=O) groups excluding carboxylic acids is 1. The number of thiophene rings is 1. The number of halogens is 1. The lowest BCUT2D eigenvalue weighted by atomic mass is 10.2. The highest BCUT2D eigenvalue weighted by atomic mass is 32.1. The molecule has 0 N–H and O–H groups in total. The van der Waals surface area contributed by atoms with Gasteiger partial charge in [-0.3, -0.25) is 9.69 Å². The van der Waals surface area contributed by atoms with E-state index in [-0.39, 0.29) is 11.7 Å². The molecule has 3 aromatic rings. The zero-order valence-electron chi connectivity index (χ0n) is 14.0. The molecule has 6 nitrogen and oxygen atoms in total. The van der Waals surface area contributed by atoms with Gasteiger partial charge in [-0.25, -0.2) is 4.39 Å². The van der Waals surface area contributed by atoms with Gasteiger partial charge in [0.1, 0.15) is 5.82 Å². The Morgan fingerprint density at radius 1 is 1.15 bits per heavy atom. The molecule has 1 aromatic carbocycles. The van der Waals surface area contributed by atoms with E-state index in [1.54, 1.807) is 16.2 Å². The van der Waals surface area contributed by atoms with E-state index in [4.69, 9.17) is 4.52 Å². The lowest BCUT2D eigenvalue weighted by molar-refractivity contribution is 0.0615. The molecule has 1 amide bonds. The Balaban J connectivity index is 1.32. The van der Waals surface area contributed by atoms with Crippen molar-refractivity contribution in [3.8, 4) is 11.4 Å². The van der Waals surface area contributed by atoms with Crippen molar-refractivity contribution in [1.82, 2.24) is 19.9 Å². The third-order valence-electron chi connectivity index (χ3n) is 4.36. The maximum atomic E-state index is 13.0. The topological polar surface area (TPSA) is 62.5 Å². The van der Waals surface area contributed by atoms with Crippen LogP contribution in [-0.2, 0) is 6.54 Å². The van der Waals surface area contributed by atoms with Crippen LogP contribution in [0, 0.1) is 5.82 Å². The van der Waals surface area contributed by atoms with Crippen molar-refractivity contribution in [1.29, 1.82) is 0 Å². The van der Waals surface area contributed by atoms with Crippen LogP contribution >= 0.6 is 11.3 Å². The summed E-state index contributed by atoms with van der Waals surface area (Å²) in [5.41, 5.74) is 1.47. The molecule has 0 bridgehead atoms. The minimum atomic E-state index is -0.340. The summed E-state index contributed by atoms with van der Waals surface area (Å²) in [6.45, 7) is 3.24. The molecule has 0 unspecified atom stereocenters. The van der Waals surface area contributed by atoms with Crippen LogP contribution in [-0.4, -0.2) is 52.0 Å². The third-order valence-corrected chi connectivity index (χ3v) is 5.04. The van der Waals surface area contributed by atoms with Gasteiger partial charge in [0.05, 0.1) is 6.54 Å². The van der Waals surface area contributed by atoms with E-state index in [1.165, 1.54) is 24.3 Å². The van der Waals surface area contributed by atoms with Crippen molar-refractivity contribution in [3.05, 3.63) is 58.4 Å². The van der Waals surface area contributed by atoms with E-state index < -0.39 is 0 Å².